The largest absolute Gasteiger partial charge is 0.339 e. The Morgan fingerprint density at radius 1 is 1.10 bits per heavy atom. The zero-order valence-corrected chi connectivity index (χ0v) is 16.3. The van der Waals surface area contributed by atoms with Gasteiger partial charge < -0.3 is 10.2 Å². The van der Waals surface area contributed by atoms with Gasteiger partial charge in [0.15, 0.2) is 0 Å². The fraction of sp³-hybridized carbons (Fsp3) is 0.182. The number of aromatic nitrogens is 2. The molecular weight excluding hydrogens is 366 g/mol. The maximum absolute atomic E-state index is 13.0. The first-order valence-corrected chi connectivity index (χ1v) is 9.33. The molecule has 0 spiro atoms. The molecule has 2 amide bonds. The number of nitrogens with one attached hydrogen (secondary N) is 1. The Morgan fingerprint density at radius 3 is 2.48 bits per heavy atom. The molecule has 2 aromatic carbocycles. The molecule has 1 N–H and O–H groups in total. The van der Waals surface area contributed by atoms with E-state index in [0.29, 0.717) is 41.3 Å². The molecule has 1 aromatic heterocycles. The van der Waals surface area contributed by atoms with Crippen molar-refractivity contribution in [3.05, 3.63) is 77.5 Å². The average Bonchev–Trinajstić information content (AvgIpc) is 3.18. The summed E-state index contributed by atoms with van der Waals surface area (Å²) in [5.41, 5.74) is 1.73. The van der Waals surface area contributed by atoms with Crippen molar-refractivity contribution in [1.29, 1.82) is 5.26 Å². The Hall–Kier alpha value is -3.92. The van der Waals surface area contributed by atoms with Crippen LogP contribution in [0.4, 0.5) is 5.82 Å². The van der Waals surface area contributed by atoms with Gasteiger partial charge in [0.25, 0.3) is 11.8 Å². The first kappa shape index (κ1) is 19.8. The van der Waals surface area contributed by atoms with Crippen molar-refractivity contribution in [2.45, 2.75) is 13.8 Å². The van der Waals surface area contributed by atoms with Crippen LogP contribution in [0.3, 0.4) is 0 Å². The van der Waals surface area contributed by atoms with Crippen molar-refractivity contribution in [3.63, 3.8) is 0 Å². The number of hydrogen-bond acceptors (Lipinski definition) is 4. The van der Waals surface area contributed by atoms with E-state index in [2.05, 4.69) is 10.4 Å². The number of para-hydroxylation sites is 1. The number of carbonyl (C=O) groups is 2. The van der Waals surface area contributed by atoms with E-state index >= 15 is 0 Å². The Morgan fingerprint density at radius 2 is 1.83 bits per heavy atom. The van der Waals surface area contributed by atoms with E-state index in [1.807, 2.05) is 50.2 Å². The number of rotatable bonds is 6. The molecule has 0 radical (unpaired) electrons. The zero-order chi connectivity index (χ0) is 20.8. The summed E-state index contributed by atoms with van der Waals surface area (Å²) < 4.78 is 1.53. The molecule has 146 valence electrons. The monoisotopic (exact) mass is 387 g/mol. The normalized spacial score (nSPS) is 10.2. The standard InChI is InChI=1S/C22H21N5O2/c1-3-26(4-2)22(29)19-15-24-27(18-11-6-5-7-12-18)20(19)25-21(28)17-10-8-9-16(13-17)14-23/h5-13,15H,3-4H2,1-2H3,(H,25,28). The minimum absolute atomic E-state index is 0.210. The summed E-state index contributed by atoms with van der Waals surface area (Å²) >= 11 is 0. The van der Waals surface area contributed by atoms with Crippen molar-refractivity contribution < 1.29 is 9.59 Å². The number of carbonyl (C=O) groups excluding carboxylic acids is 2. The molecule has 3 aromatic rings. The van der Waals surface area contributed by atoms with Crippen molar-refractivity contribution >= 4 is 17.6 Å². The minimum Gasteiger partial charge on any atom is -0.339 e. The maximum atomic E-state index is 13.0. The van der Waals surface area contributed by atoms with E-state index in [1.165, 1.54) is 16.9 Å². The fourth-order valence-electron chi connectivity index (χ4n) is 2.98. The van der Waals surface area contributed by atoms with Crippen molar-refractivity contribution in [3.8, 4) is 11.8 Å². The third kappa shape index (κ3) is 4.17. The van der Waals surface area contributed by atoms with Crippen LogP contribution in [0.5, 0.6) is 0 Å². The SMILES string of the molecule is CCN(CC)C(=O)c1cnn(-c2ccccc2)c1NC(=O)c1cccc(C#N)c1. The fourth-order valence-corrected chi connectivity index (χ4v) is 2.98. The highest BCUT2D eigenvalue weighted by molar-refractivity contribution is 6.08. The van der Waals surface area contributed by atoms with Crippen LogP contribution in [-0.2, 0) is 0 Å². The molecule has 29 heavy (non-hydrogen) atoms. The van der Waals surface area contributed by atoms with Gasteiger partial charge in [-0.15, -0.1) is 0 Å². The predicted molar refractivity (Wildman–Crippen MR) is 110 cm³/mol. The lowest BCUT2D eigenvalue weighted by molar-refractivity contribution is 0.0774. The minimum atomic E-state index is -0.423. The van der Waals surface area contributed by atoms with Crippen molar-refractivity contribution in [1.82, 2.24) is 14.7 Å². The number of nitrogens with zero attached hydrogens (tertiary/aromatic N) is 4. The molecule has 3 rings (SSSR count). The van der Waals surface area contributed by atoms with Crippen LogP contribution in [0.2, 0.25) is 0 Å². The van der Waals surface area contributed by atoms with Crippen molar-refractivity contribution in [2.75, 3.05) is 18.4 Å². The Labute approximate surface area is 169 Å². The molecule has 0 bridgehead atoms. The molecule has 0 aliphatic rings. The van der Waals surface area contributed by atoms with Crippen LogP contribution in [0.1, 0.15) is 40.1 Å². The molecule has 0 aliphatic heterocycles. The number of benzene rings is 2. The van der Waals surface area contributed by atoms with Gasteiger partial charge in [0.1, 0.15) is 11.4 Å². The van der Waals surface area contributed by atoms with Gasteiger partial charge in [-0.05, 0) is 44.2 Å². The molecule has 1 heterocycles. The molecule has 0 fully saturated rings. The number of amides is 2. The second-order valence-corrected chi connectivity index (χ2v) is 6.28. The summed E-state index contributed by atoms with van der Waals surface area (Å²) in [7, 11) is 0. The van der Waals surface area contributed by atoms with Gasteiger partial charge >= 0.3 is 0 Å². The van der Waals surface area contributed by atoms with Crippen LogP contribution < -0.4 is 5.32 Å². The summed E-state index contributed by atoms with van der Waals surface area (Å²) in [5.74, 6) is -0.341. The summed E-state index contributed by atoms with van der Waals surface area (Å²) in [4.78, 5) is 27.5. The highest BCUT2D eigenvalue weighted by Gasteiger charge is 2.23. The van der Waals surface area contributed by atoms with E-state index in [-0.39, 0.29) is 5.91 Å². The lowest BCUT2D eigenvalue weighted by Gasteiger charge is -2.19. The molecular formula is C22H21N5O2. The Kier molecular flexibility index (Phi) is 6.05. The quantitative estimate of drug-likeness (QED) is 0.701. The summed E-state index contributed by atoms with van der Waals surface area (Å²) in [5, 5.41) is 16.2. The summed E-state index contributed by atoms with van der Waals surface area (Å²) in [6.45, 7) is 4.89. The lowest BCUT2D eigenvalue weighted by Crippen LogP contribution is -2.31. The average molecular weight is 387 g/mol. The third-order valence-corrected chi connectivity index (χ3v) is 4.54. The van der Waals surface area contributed by atoms with Crippen LogP contribution >= 0.6 is 0 Å². The molecule has 0 saturated heterocycles. The van der Waals surface area contributed by atoms with Crippen LogP contribution in [0.15, 0.2) is 60.8 Å². The van der Waals surface area contributed by atoms with E-state index in [0.717, 1.165) is 0 Å². The van der Waals surface area contributed by atoms with E-state index < -0.39 is 5.91 Å². The lowest BCUT2D eigenvalue weighted by atomic mass is 10.1. The van der Waals surface area contributed by atoms with Gasteiger partial charge in [0.2, 0.25) is 0 Å². The second-order valence-electron chi connectivity index (χ2n) is 6.28. The first-order valence-electron chi connectivity index (χ1n) is 9.33. The molecule has 0 atom stereocenters. The van der Waals surface area contributed by atoms with Gasteiger partial charge in [0, 0.05) is 18.7 Å². The van der Waals surface area contributed by atoms with E-state index in [1.54, 1.807) is 23.1 Å². The second kappa shape index (κ2) is 8.85. The Balaban J connectivity index is 2.04. The number of hydrogen-bond donors (Lipinski definition) is 1. The zero-order valence-electron chi connectivity index (χ0n) is 16.3. The highest BCUT2D eigenvalue weighted by atomic mass is 16.2. The Bertz CT molecular complexity index is 1060. The maximum Gasteiger partial charge on any atom is 0.259 e. The summed E-state index contributed by atoms with van der Waals surface area (Å²) in [6.07, 6.45) is 1.47. The van der Waals surface area contributed by atoms with Gasteiger partial charge in [-0.3, -0.25) is 9.59 Å². The molecule has 0 unspecified atom stereocenters. The number of nitriles is 1. The van der Waals surface area contributed by atoms with Gasteiger partial charge in [0.05, 0.1) is 23.5 Å². The smallest absolute Gasteiger partial charge is 0.259 e. The first-order chi connectivity index (χ1) is 14.1. The molecule has 0 aliphatic carbocycles. The van der Waals surface area contributed by atoms with Crippen LogP contribution in [0.25, 0.3) is 5.69 Å². The van der Waals surface area contributed by atoms with Gasteiger partial charge in [-0.2, -0.15) is 10.4 Å². The topological polar surface area (TPSA) is 91.0 Å². The van der Waals surface area contributed by atoms with Crippen molar-refractivity contribution in [2.24, 2.45) is 0 Å². The highest BCUT2D eigenvalue weighted by Crippen LogP contribution is 2.23. The predicted octanol–water partition coefficient (Wildman–Crippen LogP) is 3.48. The molecule has 7 nitrogen and oxygen atoms in total. The molecule has 0 saturated carbocycles. The number of anilines is 1. The van der Waals surface area contributed by atoms with Gasteiger partial charge in [-0.25, -0.2) is 4.68 Å². The summed E-state index contributed by atoms with van der Waals surface area (Å²) in [6, 6.07) is 17.7. The molecule has 7 heteroatoms. The van der Waals surface area contributed by atoms with E-state index in [9.17, 15) is 9.59 Å². The van der Waals surface area contributed by atoms with Crippen LogP contribution in [-0.4, -0.2) is 39.6 Å². The van der Waals surface area contributed by atoms with Gasteiger partial charge in [-0.1, -0.05) is 24.3 Å². The van der Waals surface area contributed by atoms with Crippen LogP contribution in [0, 0.1) is 11.3 Å². The third-order valence-electron chi connectivity index (χ3n) is 4.54. The van der Waals surface area contributed by atoms with E-state index in [4.69, 9.17) is 5.26 Å².